The van der Waals surface area contributed by atoms with Crippen LogP contribution in [0.2, 0.25) is 0 Å². The Morgan fingerprint density at radius 1 is 1.00 bits per heavy atom. The second kappa shape index (κ2) is 4.24. The normalized spacial score (nSPS) is 12.9. The maximum atomic E-state index is 13.8. The summed E-state index contributed by atoms with van der Waals surface area (Å²) in [6, 6.07) is 0. The van der Waals surface area contributed by atoms with Gasteiger partial charge in [0.25, 0.3) is 0 Å². The van der Waals surface area contributed by atoms with Crippen molar-refractivity contribution in [2.75, 3.05) is 0 Å². The van der Waals surface area contributed by atoms with Gasteiger partial charge in [0.2, 0.25) is 0 Å². The first-order valence-electron chi connectivity index (χ1n) is 5.04. The van der Waals surface area contributed by atoms with Crippen molar-refractivity contribution in [3.05, 3.63) is 28.6 Å². The van der Waals surface area contributed by atoms with Crippen molar-refractivity contribution in [1.29, 1.82) is 0 Å². The van der Waals surface area contributed by atoms with Crippen LogP contribution < -0.4 is 0 Å². The second-order valence-electron chi connectivity index (χ2n) is 5.00. The third-order valence-electron chi connectivity index (χ3n) is 2.52. The Bertz CT molecular complexity index is 572. The summed E-state index contributed by atoms with van der Waals surface area (Å²) in [6.45, 7) is 5.73. The van der Waals surface area contributed by atoms with Gasteiger partial charge in [-0.15, -0.1) is 0 Å². The standard InChI is InChI=1S/C11H13F3O3S/c1-5-6(11(2,3)4)8(13)9(14)10(7(5)12)18(15,16)17/h1-4H3,(H,15,16,17). The molecule has 0 heterocycles. The zero-order chi connectivity index (χ0) is 14.5. The number of hydrogen-bond acceptors (Lipinski definition) is 2. The third-order valence-corrected chi connectivity index (χ3v) is 3.40. The smallest absolute Gasteiger partial charge is 0.282 e. The van der Waals surface area contributed by atoms with Crippen molar-refractivity contribution < 1.29 is 26.1 Å². The molecule has 1 aromatic rings. The van der Waals surface area contributed by atoms with Gasteiger partial charge in [0.1, 0.15) is 0 Å². The average Bonchev–Trinajstić information content (AvgIpc) is 2.10. The van der Waals surface area contributed by atoms with E-state index in [2.05, 4.69) is 0 Å². The second-order valence-corrected chi connectivity index (χ2v) is 6.35. The molecule has 7 heteroatoms. The van der Waals surface area contributed by atoms with Crippen LogP contribution in [0.25, 0.3) is 0 Å². The van der Waals surface area contributed by atoms with Gasteiger partial charge in [-0.05, 0) is 17.9 Å². The van der Waals surface area contributed by atoms with Crippen LogP contribution >= 0.6 is 0 Å². The number of halogens is 3. The lowest BCUT2D eigenvalue weighted by atomic mass is 9.83. The van der Waals surface area contributed by atoms with E-state index in [1.807, 2.05) is 0 Å². The topological polar surface area (TPSA) is 54.4 Å². The first-order chi connectivity index (χ1) is 7.89. The summed E-state index contributed by atoms with van der Waals surface area (Å²) < 4.78 is 71.6. The summed E-state index contributed by atoms with van der Waals surface area (Å²) in [5.41, 5.74) is -1.51. The molecule has 0 spiro atoms. The van der Waals surface area contributed by atoms with Crippen molar-refractivity contribution in [1.82, 2.24) is 0 Å². The minimum Gasteiger partial charge on any atom is -0.282 e. The van der Waals surface area contributed by atoms with E-state index in [-0.39, 0.29) is 11.1 Å². The van der Waals surface area contributed by atoms with Crippen LogP contribution in [0.5, 0.6) is 0 Å². The van der Waals surface area contributed by atoms with Gasteiger partial charge in [-0.25, -0.2) is 13.2 Å². The van der Waals surface area contributed by atoms with Crippen LogP contribution in [0.4, 0.5) is 13.2 Å². The maximum Gasteiger partial charge on any atom is 0.300 e. The van der Waals surface area contributed by atoms with Crippen LogP contribution in [-0.4, -0.2) is 13.0 Å². The molecule has 0 saturated carbocycles. The molecule has 0 unspecified atom stereocenters. The molecule has 18 heavy (non-hydrogen) atoms. The summed E-state index contributed by atoms with van der Waals surface area (Å²) in [7, 11) is -5.16. The Hall–Kier alpha value is -1.08. The Morgan fingerprint density at radius 3 is 1.78 bits per heavy atom. The maximum absolute atomic E-state index is 13.8. The molecule has 1 aromatic carbocycles. The molecule has 0 bridgehead atoms. The van der Waals surface area contributed by atoms with E-state index < -0.39 is 37.9 Å². The van der Waals surface area contributed by atoms with E-state index in [4.69, 9.17) is 4.55 Å². The molecule has 0 aliphatic rings. The van der Waals surface area contributed by atoms with Gasteiger partial charge in [-0.2, -0.15) is 8.42 Å². The lowest BCUT2D eigenvalue weighted by Crippen LogP contribution is -2.21. The summed E-state index contributed by atoms with van der Waals surface area (Å²) in [6.07, 6.45) is 0. The molecule has 3 nitrogen and oxygen atoms in total. The molecule has 0 atom stereocenters. The molecular formula is C11H13F3O3S. The van der Waals surface area contributed by atoms with Gasteiger partial charge >= 0.3 is 10.1 Å². The number of hydrogen-bond donors (Lipinski definition) is 1. The number of benzene rings is 1. The van der Waals surface area contributed by atoms with E-state index in [9.17, 15) is 21.6 Å². The summed E-state index contributed by atoms with van der Waals surface area (Å²) in [4.78, 5) is -1.65. The monoisotopic (exact) mass is 282 g/mol. The van der Waals surface area contributed by atoms with E-state index in [1.54, 1.807) is 0 Å². The van der Waals surface area contributed by atoms with E-state index in [0.29, 0.717) is 0 Å². The SMILES string of the molecule is Cc1c(F)c(S(=O)(=O)O)c(F)c(F)c1C(C)(C)C. The highest BCUT2D eigenvalue weighted by atomic mass is 32.2. The lowest BCUT2D eigenvalue weighted by Gasteiger charge is -2.23. The zero-order valence-corrected chi connectivity index (χ0v) is 11.1. The molecule has 0 aromatic heterocycles. The van der Waals surface area contributed by atoms with Gasteiger partial charge in [0.15, 0.2) is 22.3 Å². The molecule has 0 saturated heterocycles. The van der Waals surface area contributed by atoms with Crippen molar-refractivity contribution in [3.8, 4) is 0 Å². The first kappa shape index (κ1) is 15.0. The minimum atomic E-state index is -5.16. The highest BCUT2D eigenvalue weighted by molar-refractivity contribution is 7.85. The molecule has 1 rings (SSSR count). The predicted molar refractivity (Wildman–Crippen MR) is 59.6 cm³/mol. The number of rotatable bonds is 1. The Kier molecular flexibility index (Phi) is 3.53. The van der Waals surface area contributed by atoms with Crippen molar-refractivity contribution in [3.63, 3.8) is 0 Å². The molecular weight excluding hydrogens is 269 g/mol. The fourth-order valence-corrected chi connectivity index (χ4v) is 2.56. The van der Waals surface area contributed by atoms with Crippen LogP contribution in [0, 0.1) is 24.4 Å². The predicted octanol–water partition coefficient (Wildman–Crippen LogP) is 2.96. The van der Waals surface area contributed by atoms with Crippen molar-refractivity contribution in [2.45, 2.75) is 38.0 Å². The lowest BCUT2D eigenvalue weighted by molar-refractivity contribution is 0.408. The van der Waals surface area contributed by atoms with Gasteiger partial charge in [-0.1, -0.05) is 20.8 Å². The van der Waals surface area contributed by atoms with E-state index >= 15 is 0 Å². The fraction of sp³-hybridized carbons (Fsp3) is 0.455. The van der Waals surface area contributed by atoms with Crippen LogP contribution in [0.3, 0.4) is 0 Å². The van der Waals surface area contributed by atoms with Crippen LogP contribution in [0.15, 0.2) is 4.90 Å². The Labute approximate surface area is 103 Å². The fourth-order valence-electron chi connectivity index (χ4n) is 1.87. The van der Waals surface area contributed by atoms with Crippen LogP contribution in [-0.2, 0) is 15.5 Å². The average molecular weight is 282 g/mol. The van der Waals surface area contributed by atoms with Crippen LogP contribution in [0.1, 0.15) is 31.9 Å². The van der Waals surface area contributed by atoms with Crippen molar-refractivity contribution >= 4 is 10.1 Å². The van der Waals surface area contributed by atoms with Gasteiger partial charge in [0.05, 0.1) is 0 Å². The molecule has 0 aliphatic heterocycles. The molecule has 1 N–H and O–H groups in total. The van der Waals surface area contributed by atoms with Crippen molar-refractivity contribution in [2.24, 2.45) is 0 Å². The van der Waals surface area contributed by atoms with Gasteiger partial charge in [0, 0.05) is 5.56 Å². The summed E-state index contributed by atoms with van der Waals surface area (Å²) in [5.74, 6) is -4.83. The van der Waals surface area contributed by atoms with Gasteiger partial charge in [-0.3, -0.25) is 4.55 Å². The first-order valence-corrected chi connectivity index (χ1v) is 6.48. The van der Waals surface area contributed by atoms with E-state index in [1.165, 1.54) is 20.8 Å². The summed E-state index contributed by atoms with van der Waals surface area (Å²) >= 11 is 0. The quantitative estimate of drug-likeness (QED) is 0.636. The summed E-state index contributed by atoms with van der Waals surface area (Å²) in [5, 5.41) is 0. The highest BCUT2D eigenvalue weighted by Crippen LogP contribution is 2.34. The third kappa shape index (κ3) is 2.37. The van der Waals surface area contributed by atoms with Gasteiger partial charge < -0.3 is 0 Å². The largest absolute Gasteiger partial charge is 0.300 e. The molecule has 0 amide bonds. The molecule has 0 radical (unpaired) electrons. The van der Waals surface area contributed by atoms with E-state index in [0.717, 1.165) is 6.92 Å². The molecule has 102 valence electrons. The minimum absolute atomic E-state index is 0.259. The molecule has 0 aliphatic carbocycles. The Balaban J connectivity index is 3.90. The highest BCUT2D eigenvalue weighted by Gasteiger charge is 2.33. The Morgan fingerprint density at radius 2 is 1.44 bits per heavy atom. The zero-order valence-electron chi connectivity index (χ0n) is 10.3. The molecule has 0 fully saturated rings.